The Balaban J connectivity index is 1.71. The minimum absolute atomic E-state index is 0.000354. The summed E-state index contributed by atoms with van der Waals surface area (Å²) >= 11 is 0. The molecule has 0 radical (unpaired) electrons. The van der Waals surface area contributed by atoms with Gasteiger partial charge in [-0.05, 0) is 56.3 Å². The average Bonchev–Trinajstić information content (AvgIpc) is 3.19. The SMILES string of the molecule is CC(C)(c1cccc(-c2ccc(F)nc2F)n1)c1ccn(-c2ccc(F)nc2F)n1. The number of rotatable bonds is 4. The van der Waals surface area contributed by atoms with Gasteiger partial charge in [0.25, 0.3) is 0 Å². The van der Waals surface area contributed by atoms with Gasteiger partial charge < -0.3 is 0 Å². The van der Waals surface area contributed by atoms with Crippen LogP contribution in [0.4, 0.5) is 17.6 Å². The lowest BCUT2D eigenvalue weighted by Crippen LogP contribution is -2.22. The molecule has 4 aromatic rings. The van der Waals surface area contributed by atoms with Crippen LogP contribution in [0.25, 0.3) is 16.9 Å². The molecule has 0 aliphatic heterocycles. The van der Waals surface area contributed by atoms with Crippen molar-refractivity contribution in [3.8, 4) is 16.9 Å². The van der Waals surface area contributed by atoms with Crippen molar-refractivity contribution in [2.45, 2.75) is 19.3 Å². The van der Waals surface area contributed by atoms with Crippen LogP contribution in [0.1, 0.15) is 25.2 Å². The molecule has 0 aliphatic rings. The number of halogens is 4. The predicted molar refractivity (Wildman–Crippen MR) is 101 cm³/mol. The molecule has 0 N–H and O–H groups in total. The Morgan fingerprint density at radius 1 is 0.733 bits per heavy atom. The molecule has 152 valence electrons. The number of nitrogens with zero attached hydrogens (tertiary/aromatic N) is 5. The van der Waals surface area contributed by atoms with Crippen LogP contribution in [-0.2, 0) is 5.41 Å². The fourth-order valence-electron chi connectivity index (χ4n) is 3.03. The van der Waals surface area contributed by atoms with E-state index in [4.69, 9.17) is 0 Å². The fourth-order valence-corrected chi connectivity index (χ4v) is 3.03. The lowest BCUT2D eigenvalue weighted by atomic mass is 9.85. The van der Waals surface area contributed by atoms with E-state index < -0.39 is 29.2 Å². The van der Waals surface area contributed by atoms with Crippen molar-refractivity contribution in [3.63, 3.8) is 0 Å². The molecule has 0 saturated carbocycles. The van der Waals surface area contributed by atoms with E-state index in [0.29, 0.717) is 17.1 Å². The summed E-state index contributed by atoms with van der Waals surface area (Å²) in [5.74, 6) is -3.78. The van der Waals surface area contributed by atoms with Crippen molar-refractivity contribution < 1.29 is 17.6 Å². The zero-order chi connectivity index (χ0) is 21.5. The Morgan fingerprint density at radius 2 is 1.43 bits per heavy atom. The van der Waals surface area contributed by atoms with Gasteiger partial charge in [0, 0.05) is 6.20 Å². The summed E-state index contributed by atoms with van der Waals surface area (Å²) in [5, 5.41) is 4.39. The highest BCUT2D eigenvalue weighted by molar-refractivity contribution is 5.59. The Bertz CT molecular complexity index is 1240. The number of pyridine rings is 3. The first kappa shape index (κ1) is 19.7. The second-order valence-electron chi connectivity index (χ2n) is 7.09. The van der Waals surface area contributed by atoms with Gasteiger partial charge in [-0.25, -0.2) is 4.68 Å². The van der Waals surface area contributed by atoms with E-state index in [0.717, 1.165) is 12.1 Å². The Morgan fingerprint density at radius 3 is 2.13 bits per heavy atom. The van der Waals surface area contributed by atoms with E-state index in [1.165, 1.54) is 23.0 Å². The molecule has 30 heavy (non-hydrogen) atoms. The van der Waals surface area contributed by atoms with Crippen LogP contribution in [0.2, 0.25) is 0 Å². The molecule has 0 atom stereocenters. The predicted octanol–water partition coefficient (Wildman–Crippen LogP) is 4.61. The standard InChI is InChI=1S/C21H15F4N5/c1-21(2,16-10-11-30(29-16)14-7-9-18(23)28-20(14)25)15-5-3-4-13(26-15)12-6-8-17(22)27-19(12)24/h3-11H,1-2H3. The van der Waals surface area contributed by atoms with Gasteiger partial charge in [-0.3, -0.25) is 4.98 Å². The summed E-state index contributed by atoms with van der Waals surface area (Å²) in [7, 11) is 0. The largest absolute Gasteiger partial charge is 0.252 e. The van der Waals surface area contributed by atoms with Crippen molar-refractivity contribution in [3.05, 3.63) is 89.9 Å². The van der Waals surface area contributed by atoms with E-state index >= 15 is 0 Å². The van der Waals surface area contributed by atoms with Crippen molar-refractivity contribution in [1.29, 1.82) is 0 Å². The average molecular weight is 413 g/mol. The van der Waals surface area contributed by atoms with Crippen molar-refractivity contribution >= 4 is 0 Å². The van der Waals surface area contributed by atoms with Crippen LogP contribution in [0, 0.1) is 23.8 Å². The van der Waals surface area contributed by atoms with E-state index in [2.05, 4.69) is 20.1 Å². The summed E-state index contributed by atoms with van der Waals surface area (Å²) in [5.41, 5.74) is 0.729. The molecular weight excluding hydrogens is 398 g/mol. The number of hydrogen-bond acceptors (Lipinski definition) is 4. The molecule has 9 heteroatoms. The van der Waals surface area contributed by atoms with Crippen molar-refractivity contribution in [2.75, 3.05) is 0 Å². The van der Waals surface area contributed by atoms with Crippen LogP contribution in [0.3, 0.4) is 0 Å². The highest BCUT2D eigenvalue weighted by Gasteiger charge is 2.28. The third-order valence-corrected chi connectivity index (χ3v) is 4.75. The van der Waals surface area contributed by atoms with Gasteiger partial charge >= 0.3 is 0 Å². The second kappa shape index (κ2) is 7.33. The zero-order valence-electron chi connectivity index (χ0n) is 15.9. The number of aromatic nitrogens is 5. The highest BCUT2D eigenvalue weighted by atomic mass is 19.1. The quantitative estimate of drug-likeness (QED) is 0.362. The minimum Gasteiger partial charge on any atom is -0.252 e. The van der Waals surface area contributed by atoms with E-state index in [1.807, 2.05) is 13.8 Å². The molecule has 0 fully saturated rings. The molecule has 4 heterocycles. The summed E-state index contributed by atoms with van der Waals surface area (Å²) in [6.45, 7) is 3.70. The summed E-state index contributed by atoms with van der Waals surface area (Å²) in [6.07, 6.45) is 1.53. The molecule has 0 bridgehead atoms. The van der Waals surface area contributed by atoms with Crippen molar-refractivity contribution in [1.82, 2.24) is 24.7 Å². The smallest absolute Gasteiger partial charge is 0.241 e. The van der Waals surface area contributed by atoms with Gasteiger partial charge in [0.2, 0.25) is 23.8 Å². The first-order valence-corrected chi connectivity index (χ1v) is 8.94. The third-order valence-electron chi connectivity index (χ3n) is 4.75. The van der Waals surface area contributed by atoms with Crippen LogP contribution in [0.15, 0.2) is 54.7 Å². The van der Waals surface area contributed by atoms with Crippen LogP contribution >= 0.6 is 0 Å². The monoisotopic (exact) mass is 413 g/mol. The Kier molecular flexibility index (Phi) is 4.81. The summed E-state index contributed by atoms with van der Waals surface area (Å²) in [4.78, 5) is 10.9. The summed E-state index contributed by atoms with van der Waals surface area (Å²) in [6, 6.07) is 11.3. The van der Waals surface area contributed by atoms with Gasteiger partial charge in [0.15, 0.2) is 0 Å². The first-order valence-electron chi connectivity index (χ1n) is 8.94. The molecule has 0 amide bonds. The van der Waals surface area contributed by atoms with E-state index in [1.54, 1.807) is 24.3 Å². The molecule has 0 saturated heterocycles. The minimum atomic E-state index is -0.984. The molecule has 4 rings (SSSR count). The third kappa shape index (κ3) is 3.54. The Labute approximate surface area is 169 Å². The Hall–Kier alpha value is -3.62. The molecule has 5 nitrogen and oxygen atoms in total. The number of hydrogen-bond donors (Lipinski definition) is 0. The van der Waals surface area contributed by atoms with E-state index in [-0.39, 0.29) is 11.3 Å². The highest BCUT2D eigenvalue weighted by Crippen LogP contribution is 2.31. The van der Waals surface area contributed by atoms with Gasteiger partial charge in [-0.2, -0.15) is 32.6 Å². The van der Waals surface area contributed by atoms with Gasteiger partial charge in [0.1, 0.15) is 5.69 Å². The van der Waals surface area contributed by atoms with Crippen molar-refractivity contribution in [2.24, 2.45) is 0 Å². The second-order valence-corrected chi connectivity index (χ2v) is 7.09. The van der Waals surface area contributed by atoms with Crippen LogP contribution < -0.4 is 0 Å². The molecule has 4 aromatic heterocycles. The molecule has 0 aromatic carbocycles. The fraction of sp³-hybridized carbons (Fsp3) is 0.143. The maximum absolute atomic E-state index is 14.1. The van der Waals surface area contributed by atoms with E-state index in [9.17, 15) is 17.6 Å². The molecule has 0 aliphatic carbocycles. The topological polar surface area (TPSA) is 56.5 Å². The van der Waals surface area contributed by atoms with Gasteiger partial charge in [-0.1, -0.05) is 6.07 Å². The lowest BCUT2D eigenvalue weighted by Gasteiger charge is -2.22. The summed E-state index contributed by atoms with van der Waals surface area (Å²) < 4.78 is 55.5. The lowest BCUT2D eigenvalue weighted by molar-refractivity contribution is 0.503. The normalized spacial score (nSPS) is 11.7. The molecule has 0 spiro atoms. The molecular formula is C21H15F4N5. The van der Waals surface area contributed by atoms with Crippen LogP contribution in [-0.4, -0.2) is 24.7 Å². The van der Waals surface area contributed by atoms with Crippen LogP contribution in [0.5, 0.6) is 0 Å². The maximum Gasteiger partial charge on any atom is 0.241 e. The molecule has 0 unspecified atom stereocenters. The maximum atomic E-state index is 14.1. The first-order chi connectivity index (χ1) is 14.3. The van der Waals surface area contributed by atoms with Gasteiger partial charge in [0.05, 0.1) is 28.1 Å². The van der Waals surface area contributed by atoms with Gasteiger partial charge in [-0.15, -0.1) is 0 Å². The zero-order valence-corrected chi connectivity index (χ0v) is 15.9.